The summed E-state index contributed by atoms with van der Waals surface area (Å²) >= 11 is 0. The van der Waals surface area contributed by atoms with E-state index in [0.29, 0.717) is 35.4 Å². The number of rotatable bonds is 5. The Balaban J connectivity index is 1.65. The Morgan fingerprint density at radius 1 is 1.00 bits per heavy atom. The molecule has 2 N–H and O–H groups in total. The number of piperidine rings is 1. The molecule has 2 unspecified atom stereocenters. The van der Waals surface area contributed by atoms with Crippen molar-refractivity contribution in [3.05, 3.63) is 70.8 Å². The predicted molar refractivity (Wildman–Crippen MR) is 106 cm³/mol. The second-order valence-corrected chi connectivity index (χ2v) is 8.28. The van der Waals surface area contributed by atoms with Crippen LogP contribution in [0, 0.1) is 31.6 Å². The normalized spacial score (nSPS) is 23.8. The number of amides is 1. The fraction of sp³-hybridized carbons (Fsp3) is 0.435. The first kappa shape index (κ1) is 18.2. The average molecular weight is 364 g/mol. The van der Waals surface area contributed by atoms with Crippen molar-refractivity contribution in [2.24, 2.45) is 17.8 Å². The van der Waals surface area contributed by atoms with Gasteiger partial charge in [-0.05, 0) is 55.8 Å². The number of aryl methyl sites for hydroxylation is 2. The van der Waals surface area contributed by atoms with Crippen molar-refractivity contribution >= 4 is 5.91 Å². The highest BCUT2D eigenvalue weighted by Gasteiger charge is 2.54. The SMILES string of the molecule is Cc1ccc(C(O)(C(=O)N(C)CC2C3CNCC32)c2ccc(C)cc2)cc1. The summed E-state index contributed by atoms with van der Waals surface area (Å²) in [7, 11) is 1.82. The minimum absolute atomic E-state index is 0.256. The van der Waals surface area contributed by atoms with E-state index in [-0.39, 0.29) is 5.91 Å². The molecule has 2 aromatic rings. The van der Waals surface area contributed by atoms with Crippen molar-refractivity contribution in [2.45, 2.75) is 19.4 Å². The van der Waals surface area contributed by atoms with E-state index in [1.165, 1.54) is 0 Å². The molecule has 1 saturated heterocycles. The molecule has 2 aliphatic rings. The first-order chi connectivity index (χ1) is 12.9. The molecule has 0 spiro atoms. The van der Waals surface area contributed by atoms with Crippen LogP contribution in [0.25, 0.3) is 0 Å². The van der Waals surface area contributed by atoms with Crippen molar-refractivity contribution in [3.63, 3.8) is 0 Å². The third-order valence-corrected chi connectivity index (χ3v) is 6.35. The van der Waals surface area contributed by atoms with Gasteiger partial charge in [-0.1, -0.05) is 59.7 Å². The van der Waals surface area contributed by atoms with Crippen LogP contribution in [0.5, 0.6) is 0 Å². The van der Waals surface area contributed by atoms with E-state index >= 15 is 0 Å². The van der Waals surface area contributed by atoms with E-state index in [1.807, 2.05) is 69.4 Å². The summed E-state index contributed by atoms with van der Waals surface area (Å²) in [5.74, 6) is 1.67. The van der Waals surface area contributed by atoms with Gasteiger partial charge in [0.15, 0.2) is 5.60 Å². The fourth-order valence-corrected chi connectivity index (χ4v) is 4.50. The van der Waals surface area contributed by atoms with Crippen LogP contribution >= 0.6 is 0 Å². The van der Waals surface area contributed by atoms with Gasteiger partial charge < -0.3 is 15.3 Å². The number of fused-ring (bicyclic) bond motifs is 1. The van der Waals surface area contributed by atoms with Crippen LogP contribution in [0.4, 0.5) is 0 Å². The molecule has 2 aromatic carbocycles. The van der Waals surface area contributed by atoms with Crippen molar-refractivity contribution in [1.29, 1.82) is 0 Å². The molecule has 142 valence electrons. The molecule has 1 amide bonds. The van der Waals surface area contributed by atoms with Gasteiger partial charge >= 0.3 is 0 Å². The summed E-state index contributed by atoms with van der Waals surface area (Å²) in [6.07, 6.45) is 0. The van der Waals surface area contributed by atoms with Gasteiger partial charge in [-0.15, -0.1) is 0 Å². The van der Waals surface area contributed by atoms with Crippen molar-refractivity contribution in [2.75, 3.05) is 26.7 Å². The maximum Gasteiger partial charge on any atom is 0.263 e. The summed E-state index contributed by atoms with van der Waals surface area (Å²) in [5.41, 5.74) is 1.77. The number of carbonyl (C=O) groups is 1. The lowest BCUT2D eigenvalue weighted by Crippen LogP contribution is -2.47. The average Bonchev–Trinajstić information content (AvgIpc) is 3.08. The topological polar surface area (TPSA) is 52.6 Å². The van der Waals surface area contributed by atoms with E-state index in [2.05, 4.69) is 5.32 Å². The Kier molecular flexibility index (Phi) is 4.57. The second-order valence-electron chi connectivity index (χ2n) is 8.28. The van der Waals surface area contributed by atoms with Gasteiger partial charge in [0.05, 0.1) is 0 Å². The van der Waals surface area contributed by atoms with E-state index in [1.54, 1.807) is 4.90 Å². The summed E-state index contributed by atoms with van der Waals surface area (Å²) in [5, 5.41) is 15.1. The minimum Gasteiger partial charge on any atom is -0.372 e. The predicted octanol–water partition coefficient (Wildman–Crippen LogP) is 2.46. The van der Waals surface area contributed by atoms with Crippen LogP contribution in [0.3, 0.4) is 0 Å². The zero-order valence-electron chi connectivity index (χ0n) is 16.3. The number of nitrogens with zero attached hydrogens (tertiary/aromatic N) is 1. The smallest absolute Gasteiger partial charge is 0.263 e. The molecule has 1 aliphatic heterocycles. The highest BCUT2D eigenvalue weighted by molar-refractivity contribution is 5.90. The van der Waals surface area contributed by atoms with Crippen LogP contribution < -0.4 is 5.32 Å². The molecule has 4 heteroatoms. The van der Waals surface area contributed by atoms with Gasteiger partial charge in [0.1, 0.15) is 0 Å². The molecule has 4 nitrogen and oxygen atoms in total. The van der Waals surface area contributed by atoms with E-state index < -0.39 is 5.60 Å². The van der Waals surface area contributed by atoms with Crippen LogP contribution in [0.2, 0.25) is 0 Å². The first-order valence-corrected chi connectivity index (χ1v) is 9.74. The first-order valence-electron chi connectivity index (χ1n) is 9.74. The standard InChI is InChI=1S/C23H28N2O2/c1-15-4-8-17(9-5-15)23(27,18-10-6-16(2)7-11-18)22(26)25(3)14-21-19-12-24-13-20(19)21/h4-11,19-21,24,27H,12-14H2,1-3H3. The monoisotopic (exact) mass is 364 g/mol. The minimum atomic E-state index is -1.67. The number of likely N-dealkylation sites (N-methyl/N-ethyl adjacent to an activating group) is 1. The Bertz CT molecular complexity index is 773. The van der Waals surface area contributed by atoms with E-state index in [9.17, 15) is 9.90 Å². The van der Waals surface area contributed by atoms with Gasteiger partial charge in [0.2, 0.25) is 0 Å². The summed E-state index contributed by atoms with van der Waals surface area (Å²) in [6.45, 7) is 6.82. The molecule has 4 rings (SSSR count). The largest absolute Gasteiger partial charge is 0.372 e. The Morgan fingerprint density at radius 2 is 1.44 bits per heavy atom. The number of hydrogen-bond acceptors (Lipinski definition) is 3. The number of aliphatic hydroxyl groups is 1. The highest BCUT2D eigenvalue weighted by Crippen LogP contribution is 2.49. The Hall–Kier alpha value is -2.17. The highest BCUT2D eigenvalue weighted by atomic mass is 16.3. The zero-order valence-corrected chi connectivity index (χ0v) is 16.3. The molecule has 0 radical (unpaired) electrons. The van der Waals surface area contributed by atoms with Crippen molar-refractivity contribution < 1.29 is 9.90 Å². The van der Waals surface area contributed by atoms with Crippen molar-refractivity contribution in [3.8, 4) is 0 Å². The van der Waals surface area contributed by atoms with E-state index in [4.69, 9.17) is 0 Å². The zero-order chi connectivity index (χ0) is 19.2. The van der Waals surface area contributed by atoms with Gasteiger partial charge in [-0.2, -0.15) is 0 Å². The fourth-order valence-electron chi connectivity index (χ4n) is 4.50. The molecule has 1 aliphatic carbocycles. The molecular formula is C23H28N2O2. The summed E-state index contributed by atoms with van der Waals surface area (Å²) in [6, 6.07) is 15.2. The third-order valence-electron chi connectivity index (χ3n) is 6.35. The third kappa shape index (κ3) is 3.17. The lowest BCUT2D eigenvalue weighted by atomic mass is 9.84. The number of nitrogens with one attached hydrogen (secondary N) is 1. The van der Waals surface area contributed by atoms with Gasteiger partial charge in [-0.25, -0.2) is 0 Å². The van der Waals surface area contributed by atoms with Crippen LogP contribution in [0.1, 0.15) is 22.3 Å². The molecule has 27 heavy (non-hydrogen) atoms. The molecule has 2 fully saturated rings. The lowest BCUT2D eigenvalue weighted by Gasteiger charge is -2.33. The van der Waals surface area contributed by atoms with Crippen LogP contribution in [0.15, 0.2) is 48.5 Å². The summed E-state index contributed by atoms with van der Waals surface area (Å²) in [4.78, 5) is 15.2. The lowest BCUT2D eigenvalue weighted by molar-refractivity contribution is -0.147. The summed E-state index contributed by atoms with van der Waals surface area (Å²) < 4.78 is 0. The molecule has 0 bridgehead atoms. The quantitative estimate of drug-likeness (QED) is 0.857. The van der Waals surface area contributed by atoms with Crippen LogP contribution in [-0.2, 0) is 10.4 Å². The molecule has 2 atom stereocenters. The van der Waals surface area contributed by atoms with E-state index in [0.717, 1.165) is 24.2 Å². The number of benzene rings is 2. The number of carbonyl (C=O) groups excluding carboxylic acids is 1. The van der Waals surface area contributed by atoms with Crippen LogP contribution in [-0.4, -0.2) is 42.6 Å². The van der Waals surface area contributed by atoms with Crippen molar-refractivity contribution in [1.82, 2.24) is 10.2 Å². The molecular weight excluding hydrogens is 336 g/mol. The number of hydrogen-bond donors (Lipinski definition) is 2. The van der Waals surface area contributed by atoms with Gasteiger partial charge in [0.25, 0.3) is 5.91 Å². The van der Waals surface area contributed by atoms with Gasteiger partial charge in [0, 0.05) is 13.6 Å². The second kappa shape index (κ2) is 6.77. The molecule has 1 heterocycles. The maximum absolute atomic E-state index is 13.5. The Morgan fingerprint density at radius 3 is 1.89 bits per heavy atom. The maximum atomic E-state index is 13.5. The molecule has 0 aromatic heterocycles. The Labute approximate surface area is 161 Å². The van der Waals surface area contributed by atoms with Gasteiger partial charge in [-0.3, -0.25) is 4.79 Å². The molecule has 1 saturated carbocycles.